The first-order valence-corrected chi connectivity index (χ1v) is 3.79. The lowest BCUT2D eigenvalue weighted by Crippen LogP contribution is -2.03. The molecule has 5 heteroatoms. The van der Waals surface area contributed by atoms with E-state index in [9.17, 15) is 13.2 Å². The first kappa shape index (κ1) is 10.2. The largest absolute Gasteiger partial charge is 0.433 e. The van der Waals surface area contributed by atoms with Crippen molar-refractivity contribution in [3.63, 3.8) is 0 Å². The van der Waals surface area contributed by atoms with E-state index in [1.807, 2.05) is 0 Å². The smallest absolute Gasteiger partial charge is 0.387 e. The molecule has 72 valence electrons. The molecule has 0 unspecified atom stereocenters. The van der Waals surface area contributed by atoms with Gasteiger partial charge in [-0.25, -0.2) is 4.39 Å². The standard InChI is InChI=1S/C8H6ClF3O/c1-4-2-5(10)7(9)6(3-4)13-8(11)12/h2-3,8H,1H3. The third kappa shape index (κ3) is 2.52. The summed E-state index contributed by atoms with van der Waals surface area (Å²) in [4.78, 5) is 0. The van der Waals surface area contributed by atoms with Gasteiger partial charge in [0.25, 0.3) is 0 Å². The maximum Gasteiger partial charge on any atom is 0.387 e. The second-order valence-electron chi connectivity index (χ2n) is 2.44. The molecule has 0 saturated carbocycles. The zero-order valence-corrected chi connectivity index (χ0v) is 7.41. The second-order valence-corrected chi connectivity index (χ2v) is 2.82. The van der Waals surface area contributed by atoms with E-state index in [2.05, 4.69) is 4.74 Å². The highest BCUT2D eigenvalue weighted by atomic mass is 35.5. The van der Waals surface area contributed by atoms with Crippen LogP contribution in [-0.4, -0.2) is 6.61 Å². The van der Waals surface area contributed by atoms with Crippen molar-refractivity contribution < 1.29 is 17.9 Å². The number of rotatable bonds is 2. The van der Waals surface area contributed by atoms with Crippen molar-refractivity contribution in [3.05, 3.63) is 28.5 Å². The molecule has 0 spiro atoms. The van der Waals surface area contributed by atoms with Gasteiger partial charge < -0.3 is 4.74 Å². The molecular weight excluding hydrogens is 205 g/mol. The molecule has 1 nitrogen and oxygen atoms in total. The quantitative estimate of drug-likeness (QED) is 0.727. The highest BCUT2D eigenvalue weighted by molar-refractivity contribution is 6.32. The van der Waals surface area contributed by atoms with Crippen molar-refractivity contribution in [2.24, 2.45) is 0 Å². The van der Waals surface area contributed by atoms with E-state index in [1.54, 1.807) is 6.92 Å². The summed E-state index contributed by atoms with van der Waals surface area (Å²) in [5, 5.41) is -0.425. The van der Waals surface area contributed by atoms with Gasteiger partial charge in [-0.2, -0.15) is 8.78 Å². The van der Waals surface area contributed by atoms with E-state index in [4.69, 9.17) is 11.6 Å². The van der Waals surface area contributed by atoms with Gasteiger partial charge in [0, 0.05) is 0 Å². The Kier molecular flexibility index (Phi) is 3.03. The molecule has 1 aromatic carbocycles. The summed E-state index contributed by atoms with van der Waals surface area (Å²) in [5.41, 5.74) is 0.470. The van der Waals surface area contributed by atoms with E-state index < -0.39 is 17.5 Å². The highest BCUT2D eigenvalue weighted by Crippen LogP contribution is 2.29. The van der Waals surface area contributed by atoms with Gasteiger partial charge in [-0.15, -0.1) is 0 Å². The van der Waals surface area contributed by atoms with Crippen molar-refractivity contribution in [1.82, 2.24) is 0 Å². The third-order valence-corrected chi connectivity index (χ3v) is 1.72. The maximum absolute atomic E-state index is 12.8. The minimum atomic E-state index is -3.00. The minimum absolute atomic E-state index is 0.339. The number of alkyl halides is 2. The second kappa shape index (κ2) is 3.87. The van der Waals surface area contributed by atoms with E-state index >= 15 is 0 Å². The zero-order valence-electron chi connectivity index (χ0n) is 6.65. The van der Waals surface area contributed by atoms with Gasteiger partial charge in [0.2, 0.25) is 0 Å². The highest BCUT2D eigenvalue weighted by Gasteiger charge is 2.12. The number of aryl methyl sites for hydroxylation is 1. The van der Waals surface area contributed by atoms with Crippen LogP contribution in [0, 0.1) is 12.7 Å². The van der Waals surface area contributed by atoms with Gasteiger partial charge in [0.05, 0.1) is 0 Å². The Balaban J connectivity index is 3.05. The predicted molar refractivity (Wildman–Crippen MR) is 42.8 cm³/mol. The number of halogens is 4. The lowest BCUT2D eigenvalue weighted by Gasteiger charge is -2.07. The number of ether oxygens (including phenoxy) is 1. The summed E-state index contributed by atoms with van der Waals surface area (Å²) in [6, 6.07) is 2.39. The normalized spacial score (nSPS) is 10.6. The molecule has 0 heterocycles. The van der Waals surface area contributed by atoms with Crippen LogP contribution in [0.5, 0.6) is 5.75 Å². The number of benzene rings is 1. The van der Waals surface area contributed by atoms with Gasteiger partial charge >= 0.3 is 6.61 Å². The van der Waals surface area contributed by atoms with Gasteiger partial charge in [-0.1, -0.05) is 11.6 Å². The van der Waals surface area contributed by atoms with Crippen molar-refractivity contribution in [3.8, 4) is 5.75 Å². The SMILES string of the molecule is Cc1cc(F)c(Cl)c(OC(F)F)c1. The minimum Gasteiger partial charge on any atom is -0.433 e. The van der Waals surface area contributed by atoms with Gasteiger partial charge in [-0.05, 0) is 24.6 Å². The summed E-state index contributed by atoms with van der Waals surface area (Å²) < 4.78 is 40.4. The molecular formula is C8H6ClF3O. The van der Waals surface area contributed by atoms with Crippen LogP contribution < -0.4 is 4.74 Å². The molecule has 0 fully saturated rings. The molecule has 0 aromatic heterocycles. The predicted octanol–water partition coefficient (Wildman–Crippen LogP) is 3.39. The van der Waals surface area contributed by atoms with Crippen LogP contribution in [0.3, 0.4) is 0 Å². The molecule has 0 amide bonds. The molecule has 0 aliphatic heterocycles. The molecule has 13 heavy (non-hydrogen) atoms. The Hall–Kier alpha value is -0.900. The monoisotopic (exact) mass is 210 g/mol. The van der Waals surface area contributed by atoms with E-state index in [1.165, 1.54) is 6.07 Å². The average molecular weight is 211 g/mol. The Morgan fingerprint density at radius 3 is 2.54 bits per heavy atom. The first-order chi connectivity index (χ1) is 6.00. The summed E-state index contributed by atoms with van der Waals surface area (Å²) in [6.07, 6.45) is 0. The fraction of sp³-hybridized carbons (Fsp3) is 0.250. The van der Waals surface area contributed by atoms with Crippen molar-refractivity contribution in [2.75, 3.05) is 0 Å². The van der Waals surface area contributed by atoms with Gasteiger partial charge in [-0.3, -0.25) is 0 Å². The molecule has 0 atom stereocenters. The van der Waals surface area contributed by atoms with Crippen LogP contribution in [0.2, 0.25) is 5.02 Å². The van der Waals surface area contributed by atoms with Crippen LogP contribution in [0.1, 0.15) is 5.56 Å². The third-order valence-electron chi connectivity index (χ3n) is 1.36. The zero-order chi connectivity index (χ0) is 10.0. The topological polar surface area (TPSA) is 9.23 Å². The average Bonchev–Trinajstić information content (AvgIpc) is 1.98. The fourth-order valence-electron chi connectivity index (χ4n) is 0.874. The van der Waals surface area contributed by atoms with E-state index in [0.717, 1.165) is 6.07 Å². The number of hydrogen-bond acceptors (Lipinski definition) is 1. The summed E-state index contributed by atoms with van der Waals surface area (Å²) in [6.45, 7) is -1.45. The van der Waals surface area contributed by atoms with Crippen LogP contribution >= 0.6 is 11.6 Å². The molecule has 0 saturated heterocycles. The molecule has 0 N–H and O–H groups in total. The fourth-order valence-corrected chi connectivity index (χ4v) is 1.03. The van der Waals surface area contributed by atoms with Crippen molar-refractivity contribution in [2.45, 2.75) is 13.5 Å². The van der Waals surface area contributed by atoms with Crippen LogP contribution in [0.25, 0.3) is 0 Å². The van der Waals surface area contributed by atoms with Crippen LogP contribution in [0.4, 0.5) is 13.2 Å². The summed E-state index contributed by atoms with van der Waals surface area (Å²) in [7, 11) is 0. The Labute approximate surface area is 78.1 Å². The first-order valence-electron chi connectivity index (χ1n) is 3.41. The molecule has 1 rings (SSSR count). The van der Waals surface area contributed by atoms with Crippen molar-refractivity contribution >= 4 is 11.6 Å². The summed E-state index contributed by atoms with van der Waals surface area (Å²) in [5.74, 6) is -1.11. The lowest BCUT2D eigenvalue weighted by molar-refractivity contribution is -0.0499. The molecule has 0 radical (unpaired) electrons. The van der Waals surface area contributed by atoms with E-state index in [-0.39, 0.29) is 5.75 Å². The Morgan fingerprint density at radius 1 is 1.38 bits per heavy atom. The number of hydrogen-bond donors (Lipinski definition) is 0. The van der Waals surface area contributed by atoms with Crippen LogP contribution in [-0.2, 0) is 0 Å². The molecule has 0 aliphatic carbocycles. The molecule has 1 aromatic rings. The maximum atomic E-state index is 12.8. The Morgan fingerprint density at radius 2 is 2.00 bits per heavy atom. The van der Waals surface area contributed by atoms with Crippen LogP contribution in [0.15, 0.2) is 12.1 Å². The lowest BCUT2D eigenvalue weighted by atomic mass is 10.2. The molecule has 0 aliphatic rings. The Bertz CT molecular complexity index is 315. The molecule has 0 bridgehead atoms. The summed E-state index contributed by atoms with van der Waals surface area (Å²) >= 11 is 5.38. The van der Waals surface area contributed by atoms with Crippen molar-refractivity contribution in [1.29, 1.82) is 0 Å². The van der Waals surface area contributed by atoms with E-state index in [0.29, 0.717) is 5.56 Å². The van der Waals surface area contributed by atoms with Gasteiger partial charge in [0.1, 0.15) is 16.6 Å². The van der Waals surface area contributed by atoms with Gasteiger partial charge in [0.15, 0.2) is 0 Å².